The van der Waals surface area contributed by atoms with Gasteiger partial charge in [-0.2, -0.15) is 12.6 Å². The van der Waals surface area contributed by atoms with Gasteiger partial charge in [0.2, 0.25) is 0 Å². The predicted octanol–water partition coefficient (Wildman–Crippen LogP) is 2.65. The number of carbonyl (C=O) groups is 3. The van der Waals surface area contributed by atoms with Gasteiger partial charge in [0, 0.05) is 22.4 Å². The fourth-order valence-electron chi connectivity index (χ4n) is 2.78. The first-order valence-corrected chi connectivity index (χ1v) is 9.98. The second-order valence-electron chi connectivity index (χ2n) is 6.64. The zero-order chi connectivity index (χ0) is 21.5. The molecule has 0 aromatic heterocycles. The van der Waals surface area contributed by atoms with Gasteiger partial charge in [0.1, 0.15) is 0 Å². The van der Waals surface area contributed by atoms with Crippen LogP contribution in [0.4, 0.5) is 11.4 Å². The van der Waals surface area contributed by atoms with Crippen LogP contribution in [-0.4, -0.2) is 29.4 Å². The van der Waals surface area contributed by atoms with E-state index in [0.29, 0.717) is 28.3 Å². The molecule has 0 aliphatic heterocycles. The minimum Gasteiger partial charge on any atom is -0.347 e. The SMILES string of the molecule is [NH3+][C@@H](CS)C(=O)Nc1ccc(NC(=O)c2ccccc2)c(C(=O)c2ccccc2)c1. The van der Waals surface area contributed by atoms with Gasteiger partial charge in [-0.05, 0) is 30.3 Å². The third-order valence-corrected chi connectivity index (χ3v) is 4.88. The molecule has 0 bridgehead atoms. The Balaban J connectivity index is 1.95. The monoisotopic (exact) mass is 420 g/mol. The van der Waals surface area contributed by atoms with E-state index >= 15 is 0 Å². The summed E-state index contributed by atoms with van der Waals surface area (Å²) < 4.78 is 0. The average molecular weight is 421 g/mol. The van der Waals surface area contributed by atoms with Gasteiger partial charge >= 0.3 is 0 Å². The third kappa shape index (κ3) is 5.14. The molecule has 152 valence electrons. The maximum atomic E-state index is 13.1. The lowest BCUT2D eigenvalue weighted by molar-refractivity contribution is -0.395. The van der Waals surface area contributed by atoms with Crippen molar-refractivity contribution in [2.75, 3.05) is 16.4 Å². The number of hydrogen-bond acceptors (Lipinski definition) is 4. The molecule has 0 saturated heterocycles. The number of carbonyl (C=O) groups excluding carboxylic acids is 3. The van der Waals surface area contributed by atoms with Crippen LogP contribution in [0.5, 0.6) is 0 Å². The molecule has 0 spiro atoms. The molecular weight excluding hydrogens is 398 g/mol. The van der Waals surface area contributed by atoms with Gasteiger partial charge in [-0.1, -0.05) is 48.5 Å². The van der Waals surface area contributed by atoms with E-state index in [0.717, 1.165) is 0 Å². The molecule has 0 unspecified atom stereocenters. The summed E-state index contributed by atoms with van der Waals surface area (Å²) in [6.45, 7) is 0. The van der Waals surface area contributed by atoms with Gasteiger partial charge in [-0.25, -0.2) is 0 Å². The summed E-state index contributed by atoms with van der Waals surface area (Å²) in [7, 11) is 0. The van der Waals surface area contributed by atoms with E-state index in [4.69, 9.17) is 0 Å². The van der Waals surface area contributed by atoms with Crippen molar-refractivity contribution in [2.45, 2.75) is 6.04 Å². The number of thiol groups is 1. The van der Waals surface area contributed by atoms with Crippen molar-refractivity contribution < 1.29 is 20.1 Å². The molecule has 6 nitrogen and oxygen atoms in total. The summed E-state index contributed by atoms with van der Waals surface area (Å²) in [5, 5.41) is 5.53. The lowest BCUT2D eigenvalue weighted by atomic mass is 10.0. The van der Waals surface area contributed by atoms with Crippen LogP contribution in [-0.2, 0) is 4.79 Å². The third-order valence-electron chi connectivity index (χ3n) is 4.44. The van der Waals surface area contributed by atoms with Gasteiger partial charge in [0.15, 0.2) is 11.8 Å². The van der Waals surface area contributed by atoms with E-state index in [2.05, 4.69) is 29.0 Å². The van der Waals surface area contributed by atoms with Crippen LogP contribution in [0.3, 0.4) is 0 Å². The Bertz CT molecular complexity index is 1060. The Morgan fingerprint density at radius 3 is 2.03 bits per heavy atom. The summed E-state index contributed by atoms with van der Waals surface area (Å²) in [6, 6.07) is 21.7. The van der Waals surface area contributed by atoms with Crippen LogP contribution in [0, 0.1) is 0 Å². The topological polar surface area (TPSA) is 103 Å². The highest BCUT2D eigenvalue weighted by atomic mass is 32.1. The second-order valence-corrected chi connectivity index (χ2v) is 7.01. The summed E-state index contributed by atoms with van der Waals surface area (Å²) in [6.07, 6.45) is 0. The minimum absolute atomic E-state index is 0.268. The molecule has 1 atom stereocenters. The molecule has 3 rings (SSSR count). The average Bonchev–Trinajstić information content (AvgIpc) is 2.80. The van der Waals surface area contributed by atoms with E-state index in [1.54, 1.807) is 66.7 Å². The zero-order valence-electron chi connectivity index (χ0n) is 16.2. The number of benzene rings is 3. The molecule has 0 radical (unpaired) electrons. The highest BCUT2D eigenvalue weighted by Gasteiger charge is 2.19. The van der Waals surface area contributed by atoms with E-state index in [9.17, 15) is 14.4 Å². The molecule has 0 aliphatic rings. The second kappa shape index (κ2) is 9.87. The smallest absolute Gasteiger partial charge is 0.283 e. The van der Waals surface area contributed by atoms with Crippen LogP contribution >= 0.6 is 12.6 Å². The molecule has 3 aromatic carbocycles. The number of hydrogen-bond donors (Lipinski definition) is 4. The maximum Gasteiger partial charge on any atom is 0.283 e. The number of nitrogens with one attached hydrogen (secondary N) is 2. The van der Waals surface area contributed by atoms with Crippen molar-refractivity contribution in [3.63, 3.8) is 0 Å². The molecule has 0 aliphatic carbocycles. The largest absolute Gasteiger partial charge is 0.347 e. The Morgan fingerprint density at radius 1 is 0.833 bits per heavy atom. The van der Waals surface area contributed by atoms with Crippen molar-refractivity contribution in [2.24, 2.45) is 0 Å². The van der Waals surface area contributed by atoms with E-state index in [1.807, 2.05) is 12.1 Å². The number of quaternary nitrogens is 1. The van der Waals surface area contributed by atoms with E-state index in [1.165, 1.54) is 0 Å². The lowest BCUT2D eigenvalue weighted by Crippen LogP contribution is -2.67. The highest BCUT2D eigenvalue weighted by Crippen LogP contribution is 2.24. The standard InChI is InChI=1S/C23H21N3O3S/c24-19(14-30)23(29)25-17-11-12-20(26-22(28)16-9-5-2-6-10-16)18(13-17)21(27)15-7-3-1-4-8-15/h1-13,19,30H,14,24H2,(H,25,29)(H,26,28)/p+1/t19-/m0/s1. The first-order valence-electron chi connectivity index (χ1n) is 9.34. The normalized spacial score (nSPS) is 11.4. The molecule has 5 N–H and O–H groups in total. The molecule has 7 heteroatoms. The summed E-state index contributed by atoms with van der Waals surface area (Å²) in [5.74, 6) is -0.602. The first-order chi connectivity index (χ1) is 14.5. The fraction of sp³-hybridized carbons (Fsp3) is 0.0870. The predicted molar refractivity (Wildman–Crippen MR) is 120 cm³/mol. The van der Waals surface area contributed by atoms with Crippen molar-refractivity contribution in [3.8, 4) is 0 Å². The Kier molecular flexibility index (Phi) is 7.00. The molecule has 0 saturated carbocycles. The van der Waals surface area contributed by atoms with Gasteiger partial charge in [0.25, 0.3) is 11.8 Å². The van der Waals surface area contributed by atoms with Crippen molar-refractivity contribution in [3.05, 3.63) is 95.6 Å². The van der Waals surface area contributed by atoms with E-state index < -0.39 is 6.04 Å². The molecular formula is C23H22N3O3S+. The fourth-order valence-corrected chi connectivity index (χ4v) is 2.94. The van der Waals surface area contributed by atoms with E-state index in [-0.39, 0.29) is 23.2 Å². The highest BCUT2D eigenvalue weighted by molar-refractivity contribution is 7.80. The minimum atomic E-state index is -0.529. The Morgan fingerprint density at radius 2 is 1.43 bits per heavy atom. The lowest BCUT2D eigenvalue weighted by Gasteiger charge is -2.14. The van der Waals surface area contributed by atoms with Gasteiger partial charge in [-0.15, -0.1) is 0 Å². The van der Waals surface area contributed by atoms with Gasteiger partial charge in [-0.3, -0.25) is 14.4 Å². The molecule has 0 heterocycles. The van der Waals surface area contributed by atoms with Crippen LogP contribution < -0.4 is 16.4 Å². The Labute approximate surface area is 179 Å². The van der Waals surface area contributed by atoms with Gasteiger partial charge < -0.3 is 16.4 Å². The van der Waals surface area contributed by atoms with Gasteiger partial charge in [0.05, 0.1) is 11.4 Å². The first kappa shape index (κ1) is 21.3. The zero-order valence-corrected chi connectivity index (χ0v) is 17.1. The molecule has 2 amide bonds. The Hall–Kier alpha value is -3.42. The molecule has 3 aromatic rings. The molecule has 0 fully saturated rings. The quantitative estimate of drug-likeness (QED) is 0.349. The summed E-state index contributed by atoms with van der Waals surface area (Å²) in [5.41, 5.74) is 5.75. The van der Waals surface area contributed by atoms with Crippen molar-refractivity contribution in [1.82, 2.24) is 0 Å². The summed E-state index contributed by atoms with van der Waals surface area (Å²) >= 11 is 4.09. The van der Waals surface area contributed by atoms with Crippen LogP contribution in [0.25, 0.3) is 0 Å². The number of rotatable bonds is 7. The van der Waals surface area contributed by atoms with Crippen LogP contribution in [0.1, 0.15) is 26.3 Å². The molecule has 30 heavy (non-hydrogen) atoms. The number of amides is 2. The van der Waals surface area contributed by atoms with Crippen molar-refractivity contribution >= 4 is 41.6 Å². The van der Waals surface area contributed by atoms with Crippen molar-refractivity contribution in [1.29, 1.82) is 0 Å². The van der Waals surface area contributed by atoms with Crippen LogP contribution in [0.15, 0.2) is 78.9 Å². The number of anilines is 2. The van der Waals surface area contributed by atoms with Crippen LogP contribution in [0.2, 0.25) is 0 Å². The summed E-state index contributed by atoms with van der Waals surface area (Å²) in [4.78, 5) is 37.9. The number of ketones is 1. The maximum absolute atomic E-state index is 13.1.